The molecule has 0 saturated carbocycles. The van der Waals surface area contributed by atoms with Gasteiger partial charge in [-0.25, -0.2) is 9.78 Å². The van der Waals surface area contributed by atoms with Gasteiger partial charge in [0.05, 0.1) is 0 Å². The summed E-state index contributed by atoms with van der Waals surface area (Å²) in [6, 6.07) is 19.4. The van der Waals surface area contributed by atoms with E-state index in [0.29, 0.717) is 24.7 Å². The maximum absolute atomic E-state index is 12.8. The minimum absolute atomic E-state index is 0.0902. The molecule has 7 heteroatoms. The number of anilines is 1. The van der Waals surface area contributed by atoms with Gasteiger partial charge in [0.15, 0.2) is 11.8 Å². The molecule has 0 radical (unpaired) electrons. The van der Waals surface area contributed by atoms with Crippen LogP contribution in [0, 0.1) is 6.92 Å². The van der Waals surface area contributed by atoms with Gasteiger partial charge in [-0.3, -0.25) is 4.79 Å². The topological polar surface area (TPSA) is 75.9 Å². The Bertz CT molecular complexity index is 1040. The molecule has 31 heavy (non-hydrogen) atoms. The number of carbonyl (C=O) groups is 2. The third-order valence-corrected chi connectivity index (χ3v) is 5.35. The molecule has 4 rings (SSSR count). The number of piperazine rings is 1. The minimum Gasteiger partial charge on any atom is -0.448 e. The molecule has 1 aliphatic heterocycles. The van der Waals surface area contributed by atoms with Gasteiger partial charge < -0.3 is 19.0 Å². The molecule has 1 atom stereocenters. The molecule has 1 aliphatic rings. The fourth-order valence-corrected chi connectivity index (χ4v) is 3.64. The summed E-state index contributed by atoms with van der Waals surface area (Å²) >= 11 is 0. The number of benzene rings is 2. The van der Waals surface area contributed by atoms with E-state index in [1.165, 1.54) is 0 Å². The van der Waals surface area contributed by atoms with Crippen LogP contribution in [0.1, 0.15) is 23.2 Å². The second kappa shape index (κ2) is 9.04. The Labute approximate surface area is 181 Å². The highest BCUT2D eigenvalue weighted by Crippen LogP contribution is 2.22. The van der Waals surface area contributed by atoms with Crippen molar-refractivity contribution in [3.8, 4) is 11.5 Å². The highest BCUT2D eigenvalue weighted by atomic mass is 16.5. The molecule has 1 saturated heterocycles. The van der Waals surface area contributed by atoms with Crippen LogP contribution in [0.5, 0.6) is 0 Å². The number of amides is 1. The summed E-state index contributed by atoms with van der Waals surface area (Å²) in [5.41, 5.74) is 2.00. The normalized spacial score (nSPS) is 14.9. The Kier molecular flexibility index (Phi) is 6.02. The summed E-state index contributed by atoms with van der Waals surface area (Å²) in [5.74, 6) is -0.154. The zero-order valence-electron chi connectivity index (χ0n) is 17.7. The summed E-state index contributed by atoms with van der Waals surface area (Å²) in [7, 11) is 0. The minimum atomic E-state index is -0.896. The van der Waals surface area contributed by atoms with E-state index < -0.39 is 12.1 Å². The first-order valence-corrected chi connectivity index (χ1v) is 10.4. The average Bonchev–Trinajstić information content (AvgIpc) is 3.21. The second-order valence-electron chi connectivity index (χ2n) is 7.49. The molecule has 160 valence electrons. The van der Waals surface area contributed by atoms with Gasteiger partial charge in [-0.1, -0.05) is 36.4 Å². The number of oxazole rings is 1. The van der Waals surface area contributed by atoms with Crippen molar-refractivity contribution in [3.63, 3.8) is 0 Å². The smallest absolute Gasteiger partial charge is 0.361 e. The van der Waals surface area contributed by atoms with E-state index in [1.807, 2.05) is 48.5 Å². The average molecular weight is 419 g/mol. The van der Waals surface area contributed by atoms with Crippen molar-refractivity contribution in [2.24, 2.45) is 0 Å². The van der Waals surface area contributed by atoms with Crippen molar-refractivity contribution >= 4 is 17.6 Å². The summed E-state index contributed by atoms with van der Waals surface area (Å²) in [6.45, 7) is 5.88. The standard InChI is InChI=1S/C24H25N3O4/c1-17-21(25-22(30-17)19-9-5-3-6-10-19)24(29)31-18(2)23(28)27-15-13-26(14-16-27)20-11-7-4-8-12-20/h3-12,18H,13-16H2,1-2H3/t18-/m0/s1. The first-order valence-electron chi connectivity index (χ1n) is 10.4. The molecule has 0 aliphatic carbocycles. The molecule has 0 unspecified atom stereocenters. The molecule has 0 N–H and O–H groups in total. The SMILES string of the molecule is Cc1oc(-c2ccccc2)nc1C(=O)O[C@@H](C)C(=O)N1CCN(c2ccccc2)CC1. The van der Waals surface area contributed by atoms with Crippen LogP contribution in [0.4, 0.5) is 5.69 Å². The largest absolute Gasteiger partial charge is 0.448 e. The maximum atomic E-state index is 12.8. The van der Waals surface area contributed by atoms with E-state index in [0.717, 1.165) is 24.3 Å². The highest BCUT2D eigenvalue weighted by molar-refractivity contribution is 5.92. The molecule has 2 aromatic carbocycles. The first kappa shape index (κ1) is 20.7. The van der Waals surface area contributed by atoms with Crippen LogP contribution in [0.2, 0.25) is 0 Å². The van der Waals surface area contributed by atoms with E-state index in [4.69, 9.17) is 9.15 Å². The lowest BCUT2D eigenvalue weighted by Gasteiger charge is -2.37. The number of hydrogen-bond acceptors (Lipinski definition) is 6. The van der Waals surface area contributed by atoms with Crippen LogP contribution in [0.25, 0.3) is 11.5 Å². The lowest BCUT2D eigenvalue weighted by molar-refractivity contribution is -0.140. The van der Waals surface area contributed by atoms with Gasteiger partial charge in [-0.05, 0) is 38.1 Å². The molecular weight excluding hydrogens is 394 g/mol. The molecule has 1 aromatic heterocycles. The summed E-state index contributed by atoms with van der Waals surface area (Å²) < 4.78 is 11.0. The third-order valence-electron chi connectivity index (χ3n) is 5.35. The van der Waals surface area contributed by atoms with Crippen molar-refractivity contribution in [1.82, 2.24) is 9.88 Å². The van der Waals surface area contributed by atoms with E-state index in [2.05, 4.69) is 22.0 Å². The zero-order valence-corrected chi connectivity index (χ0v) is 17.7. The van der Waals surface area contributed by atoms with Gasteiger partial charge in [0.2, 0.25) is 5.89 Å². The molecular formula is C24H25N3O4. The van der Waals surface area contributed by atoms with Crippen molar-refractivity contribution in [2.75, 3.05) is 31.1 Å². The Morgan fingerprint density at radius 1 is 0.968 bits per heavy atom. The summed E-state index contributed by atoms with van der Waals surface area (Å²) in [4.78, 5) is 33.7. The van der Waals surface area contributed by atoms with E-state index >= 15 is 0 Å². The number of para-hydroxylation sites is 1. The fraction of sp³-hybridized carbons (Fsp3) is 0.292. The zero-order chi connectivity index (χ0) is 21.8. The first-order chi connectivity index (χ1) is 15.0. The Hall–Kier alpha value is -3.61. The van der Waals surface area contributed by atoms with Crippen LogP contribution < -0.4 is 4.90 Å². The van der Waals surface area contributed by atoms with Crippen molar-refractivity contribution in [1.29, 1.82) is 0 Å². The highest BCUT2D eigenvalue weighted by Gasteiger charge is 2.29. The van der Waals surface area contributed by atoms with Gasteiger partial charge in [0.1, 0.15) is 5.76 Å². The number of ether oxygens (including phenoxy) is 1. The predicted octanol–water partition coefficient (Wildman–Crippen LogP) is 3.54. The number of hydrogen-bond donors (Lipinski definition) is 0. The number of esters is 1. The van der Waals surface area contributed by atoms with Crippen LogP contribution in [-0.2, 0) is 9.53 Å². The molecule has 1 fully saturated rings. The lowest BCUT2D eigenvalue weighted by atomic mass is 10.2. The van der Waals surface area contributed by atoms with Crippen LogP contribution >= 0.6 is 0 Å². The van der Waals surface area contributed by atoms with Crippen LogP contribution in [-0.4, -0.2) is 54.0 Å². The predicted molar refractivity (Wildman–Crippen MR) is 117 cm³/mol. The maximum Gasteiger partial charge on any atom is 0.361 e. The Morgan fingerprint density at radius 2 is 1.58 bits per heavy atom. The van der Waals surface area contributed by atoms with Gasteiger partial charge in [0.25, 0.3) is 5.91 Å². The molecule has 2 heterocycles. The molecule has 0 bridgehead atoms. The lowest BCUT2D eigenvalue weighted by Crippen LogP contribution is -2.51. The molecule has 1 amide bonds. The van der Waals surface area contributed by atoms with Gasteiger partial charge in [-0.15, -0.1) is 0 Å². The number of nitrogens with zero attached hydrogens (tertiary/aromatic N) is 3. The molecule has 3 aromatic rings. The monoisotopic (exact) mass is 419 g/mol. The van der Waals surface area contributed by atoms with Crippen molar-refractivity contribution in [2.45, 2.75) is 20.0 Å². The fourth-order valence-electron chi connectivity index (χ4n) is 3.64. The third kappa shape index (κ3) is 4.60. The number of rotatable bonds is 5. The summed E-state index contributed by atoms with van der Waals surface area (Å²) in [6.07, 6.45) is -0.896. The van der Waals surface area contributed by atoms with Gasteiger partial charge in [-0.2, -0.15) is 0 Å². The summed E-state index contributed by atoms with van der Waals surface area (Å²) in [5, 5.41) is 0. The van der Waals surface area contributed by atoms with E-state index in [-0.39, 0.29) is 11.6 Å². The van der Waals surface area contributed by atoms with Crippen molar-refractivity contribution < 1.29 is 18.7 Å². The Morgan fingerprint density at radius 3 is 2.23 bits per heavy atom. The van der Waals surface area contributed by atoms with Crippen LogP contribution in [0.3, 0.4) is 0 Å². The van der Waals surface area contributed by atoms with E-state index in [9.17, 15) is 9.59 Å². The second-order valence-corrected chi connectivity index (χ2v) is 7.49. The number of aromatic nitrogens is 1. The molecule has 0 spiro atoms. The number of carbonyl (C=O) groups excluding carboxylic acids is 2. The molecule has 7 nitrogen and oxygen atoms in total. The quantitative estimate of drug-likeness (QED) is 0.589. The van der Waals surface area contributed by atoms with Crippen molar-refractivity contribution in [3.05, 3.63) is 72.1 Å². The van der Waals surface area contributed by atoms with E-state index in [1.54, 1.807) is 18.7 Å². The van der Waals surface area contributed by atoms with Gasteiger partial charge >= 0.3 is 5.97 Å². The van der Waals surface area contributed by atoms with Gasteiger partial charge in [0, 0.05) is 37.4 Å². The number of aryl methyl sites for hydroxylation is 1. The Balaban J connectivity index is 1.35. The van der Waals surface area contributed by atoms with Crippen LogP contribution in [0.15, 0.2) is 65.1 Å².